The highest BCUT2D eigenvalue weighted by Crippen LogP contribution is 2.16. The second-order valence-electron chi connectivity index (χ2n) is 4.63. The number of ether oxygens (including phenoxy) is 1. The van der Waals surface area contributed by atoms with Gasteiger partial charge in [-0.3, -0.25) is 4.79 Å². The van der Waals surface area contributed by atoms with E-state index in [2.05, 4.69) is 12.2 Å². The lowest BCUT2D eigenvalue weighted by Gasteiger charge is -2.05. The Hall–Kier alpha value is -2.49. The van der Waals surface area contributed by atoms with Crippen molar-refractivity contribution in [3.8, 4) is 5.75 Å². The molecule has 110 valence electrons. The molecule has 1 aromatic heterocycles. The number of rotatable bonds is 7. The van der Waals surface area contributed by atoms with Crippen molar-refractivity contribution in [1.82, 2.24) is 0 Å². The number of furan rings is 1. The van der Waals surface area contributed by atoms with Gasteiger partial charge in [-0.05, 0) is 49.7 Å². The second kappa shape index (κ2) is 7.33. The van der Waals surface area contributed by atoms with E-state index < -0.39 is 0 Å². The molecule has 0 radical (unpaired) electrons. The maximum absolute atomic E-state index is 11.8. The van der Waals surface area contributed by atoms with Gasteiger partial charge in [0.2, 0.25) is 5.78 Å². The minimum atomic E-state index is -0.168. The van der Waals surface area contributed by atoms with Crippen molar-refractivity contribution in [3.63, 3.8) is 0 Å². The minimum Gasteiger partial charge on any atom is -0.494 e. The molecule has 4 nitrogen and oxygen atoms in total. The molecular formula is C17H19NO3. The van der Waals surface area contributed by atoms with Crippen LogP contribution >= 0.6 is 0 Å². The van der Waals surface area contributed by atoms with E-state index >= 15 is 0 Å². The molecule has 2 aromatic rings. The molecule has 1 heterocycles. The van der Waals surface area contributed by atoms with E-state index in [0.717, 1.165) is 23.6 Å². The fourth-order valence-corrected chi connectivity index (χ4v) is 1.73. The van der Waals surface area contributed by atoms with E-state index in [4.69, 9.17) is 9.15 Å². The Bertz CT molecular complexity index is 611. The molecule has 1 N–H and O–H groups in total. The third kappa shape index (κ3) is 4.53. The molecule has 0 amide bonds. The highest BCUT2D eigenvalue weighted by atomic mass is 16.5. The number of hydrogen-bond donors (Lipinski definition) is 1. The summed E-state index contributed by atoms with van der Waals surface area (Å²) in [4.78, 5) is 11.8. The number of carbonyl (C=O) groups is 1. The van der Waals surface area contributed by atoms with Gasteiger partial charge >= 0.3 is 0 Å². The van der Waals surface area contributed by atoms with Gasteiger partial charge in [0.05, 0.1) is 6.61 Å². The van der Waals surface area contributed by atoms with Gasteiger partial charge in [0.25, 0.3) is 0 Å². The fraction of sp³-hybridized carbons (Fsp3) is 0.235. The Balaban J connectivity index is 1.87. The average molecular weight is 285 g/mol. The lowest BCUT2D eigenvalue weighted by Crippen LogP contribution is -1.96. The molecule has 0 unspecified atom stereocenters. The van der Waals surface area contributed by atoms with Crippen LogP contribution in [-0.2, 0) is 0 Å². The van der Waals surface area contributed by atoms with Crippen molar-refractivity contribution in [2.24, 2.45) is 0 Å². The quantitative estimate of drug-likeness (QED) is 0.612. The normalized spacial score (nSPS) is 10.8. The summed E-state index contributed by atoms with van der Waals surface area (Å²) in [6, 6.07) is 11.0. The maximum Gasteiger partial charge on any atom is 0.222 e. The van der Waals surface area contributed by atoms with Crippen LogP contribution in [0.1, 0.15) is 29.7 Å². The number of ketones is 1. The third-order valence-electron chi connectivity index (χ3n) is 2.80. The standard InChI is InChI=1S/C17H19NO3/c1-3-12-20-15-7-5-14(6-8-15)18-11-10-16(19)17-9-4-13(2)21-17/h4-11,18H,3,12H2,1-2H3. The zero-order valence-corrected chi connectivity index (χ0v) is 12.3. The summed E-state index contributed by atoms with van der Waals surface area (Å²) in [5, 5.41) is 3.04. The molecule has 0 saturated carbocycles. The predicted octanol–water partition coefficient (Wildman–Crippen LogP) is 4.19. The van der Waals surface area contributed by atoms with E-state index in [1.54, 1.807) is 25.3 Å². The summed E-state index contributed by atoms with van der Waals surface area (Å²) in [7, 11) is 0. The zero-order chi connectivity index (χ0) is 15.1. The first-order valence-electron chi connectivity index (χ1n) is 6.96. The van der Waals surface area contributed by atoms with Gasteiger partial charge in [-0.1, -0.05) is 6.92 Å². The summed E-state index contributed by atoms with van der Waals surface area (Å²) >= 11 is 0. The molecule has 2 rings (SSSR count). The van der Waals surface area contributed by atoms with E-state index in [-0.39, 0.29) is 5.78 Å². The first kappa shape index (κ1) is 14.9. The smallest absolute Gasteiger partial charge is 0.222 e. The number of allylic oxidation sites excluding steroid dienone is 1. The fourth-order valence-electron chi connectivity index (χ4n) is 1.73. The molecule has 1 aromatic carbocycles. The Labute approximate surface area is 124 Å². The number of carbonyl (C=O) groups excluding carboxylic acids is 1. The maximum atomic E-state index is 11.8. The predicted molar refractivity (Wildman–Crippen MR) is 82.8 cm³/mol. The van der Waals surface area contributed by atoms with Crippen molar-refractivity contribution >= 4 is 11.5 Å². The average Bonchev–Trinajstić information content (AvgIpc) is 2.93. The Morgan fingerprint density at radius 3 is 2.62 bits per heavy atom. The summed E-state index contributed by atoms with van der Waals surface area (Å²) in [6.07, 6.45) is 4.03. The third-order valence-corrected chi connectivity index (χ3v) is 2.80. The molecule has 0 spiro atoms. The van der Waals surface area contributed by atoms with Gasteiger partial charge in [0.1, 0.15) is 11.5 Å². The highest BCUT2D eigenvalue weighted by molar-refractivity contribution is 6.02. The van der Waals surface area contributed by atoms with Crippen LogP contribution in [0.25, 0.3) is 0 Å². The molecule has 0 saturated heterocycles. The first-order chi connectivity index (χ1) is 10.2. The lowest BCUT2D eigenvalue weighted by atomic mass is 10.3. The van der Waals surface area contributed by atoms with Gasteiger partial charge in [0, 0.05) is 18.0 Å². The topological polar surface area (TPSA) is 51.5 Å². The molecule has 0 aliphatic rings. The van der Waals surface area contributed by atoms with E-state index in [0.29, 0.717) is 12.4 Å². The molecule has 21 heavy (non-hydrogen) atoms. The summed E-state index contributed by atoms with van der Waals surface area (Å²) < 4.78 is 10.8. The van der Waals surface area contributed by atoms with Gasteiger partial charge in [-0.25, -0.2) is 0 Å². The van der Waals surface area contributed by atoms with E-state index in [1.165, 1.54) is 6.08 Å². The van der Waals surface area contributed by atoms with Gasteiger partial charge < -0.3 is 14.5 Å². The van der Waals surface area contributed by atoms with E-state index in [1.807, 2.05) is 24.3 Å². The minimum absolute atomic E-state index is 0.168. The Morgan fingerprint density at radius 1 is 1.24 bits per heavy atom. The van der Waals surface area contributed by atoms with Crippen molar-refractivity contribution in [1.29, 1.82) is 0 Å². The number of hydrogen-bond acceptors (Lipinski definition) is 4. The molecule has 0 aliphatic heterocycles. The summed E-state index contributed by atoms with van der Waals surface area (Å²) in [5.74, 6) is 1.74. The van der Waals surface area contributed by atoms with Crippen LogP contribution in [0.2, 0.25) is 0 Å². The van der Waals surface area contributed by atoms with Gasteiger partial charge in [0.15, 0.2) is 5.76 Å². The second-order valence-corrected chi connectivity index (χ2v) is 4.63. The summed E-state index contributed by atoms with van der Waals surface area (Å²) in [6.45, 7) is 4.59. The van der Waals surface area contributed by atoms with Crippen molar-refractivity contribution < 1.29 is 13.9 Å². The van der Waals surface area contributed by atoms with Crippen LogP contribution in [0.4, 0.5) is 5.69 Å². The largest absolute Gasteiger partial charge is 0.494 e. The molecular weight excluding hydrogens is 266 g/mol. The van der Waals surface area contributed by atoms with Crippen LogP contribution in [-0.4, -0.2) is 12.4 Å². The molecule has 0 atom stereocenters. The van der Waals surface area contributed by atoms with Crippen molar-refractivity contribution in [2.45, 2.75) is 20.3 Å². The van der Waals surface area contributed by atoms with E-state index in [9.17, 15) is 4.79 Å². The van der Waals surface area contributed by atoms with Crippen LogP contribution in [0.5, 0.6) is 5.75 Å². The molecule has 0 fully saturated rings. The highest BCUT2D eigenvalue weighted by Gasteiger charge is 2.05. The molecule has 0 bridgehead atoms. The summed E-state index contributed by atoms with van der Waals surface area (Å²) in [5.41, 5.74) is 0.888. The van der Waals surface area contributed by atoms with Gasteiger partial charge in [-0.15, -0.1) is 0 Å². The number of anilines is 1. The first-order valence-corrected chi connectivity index (χ1v) is 6.96. The number of benzene rings is 1. The molecule has 4 heteroatoms. The Kier molecular flexibility index (Phi) is 5.21. The zero-order valence-electron chi connectivity index (χ0n) is 12.3. The van der Waals surface area contributed by atoms with Gasteiger partial charge in [-0.2, -0.15) is 0 Å². The van der Waals surface area contributed by atoms with Crippen molar-refractivity contribution in [3.05, 3.63) is 60.2 Å². The van der Waals surface area contributed by atoms with Crippen LogP contribution in [0, 0.1) is 6.92 Å². The Morgan fingerprint density at radius 2 is 2.00 bits per heavy atom. The van der Waals surface area contributed by atoms with Crippen LogP contribution in [0.15, 0.2) is 53.1 Å². The lowest BCUT2D eigenvalue weighted by molar-refractivity contribution is 0.102. The van der Waals surface area contributed by atoms with Crippen LogP contribution < -0.4 is 10.1 Å². The van der Waals surface area contributed by atoms with Crippen LogP contribution in [0.3, 0.4) is 0 Å². The SMILES string of the molecule is CCCOc1ccc(NC=CC(=O)c2ccc(C)o2)cc1. The van der Waals surface area contributed by atoms with Crippen molar-refractivity contribution in [2.75, 3.05) is 11.9 Å². The number of nitrogens with one attached hydrogen (secondary N) is 1. The monoisotopic (exact) mass is 285 g/mol. The number of aryl methyl sites for hydroxylation is 1. The molecule has 0 aliphatic carbocycles.